The number of nitrogens with zero attached hydrogens (tertiary/aromatic N) is 1. The van der Waals surface area contributed by atoms with Crippen molar-refractivity contribution in [2.24, 2.45) is 0 Å². The summed E-state index contributed by atoms with van der Waals surface area (Å²) in [5.41, 5.74) is 0.521. The quantitative estimate of drug-likeness (QED) is 0.830. The molecule has 0 bridgehead atoms. The predicted molar refractivity (Wildman–Crippen MR) is 73.2 cm³/mol. The molecule has 1 heterocycles. The molecule has 1 aromatic rings. The number of sulfonamides is 1. The smallest absolute Gasteiger partial charge is 0.244 e. The fraction of sp³-hybridized carbons (Fsp3) is 0.692. The Kier molecular flexibility index (Phi) is 4.65. The van der Waals surface area contributed by atoms with Gasteiger partial charge in [-0.15, -0.1) is 0 Å². The lowest BCUT2D eigenvalue weighted by Crippen LogP contribution is -2.36. The molecule has 0 saturated heterocycles. The Hall–Kier alpha value is -0.850. The molecule has 0 amide bonds. The number of nitrogens with one attached hydrogen (secondary N) is 1. The van der Waals surface area contributed by atoms with Crippen molar-refractivity contribution in [2.45, 2.75) is 56.1 Å². The van der Waals surface area contributed by atoms with Crippen LogP contribution in [0.25, 0.3) is 0 Å². The summed E-state index contributed by atoms with van der Waals surface area (Å²) in [6.07, 6.45) is 7.92. The summed E-state index contributed by atoms with van der Waals surface area (Å²) in [6, 6.07) is 1.60. The topological polar surface area (TPSA) is 73.4 Å². The largest absolute Gasteiger partial charge is 0.390 e. The van der Waals surface area contributed by atoms with E-state index < -0.39 is 10.0 Å². The average molecular weight is 286 g/mol. The van der Waals surface area contributed by atoms with Gasteiger partial charge in [0, 0.05) is 25.0 Å². The first-order chi connectivity index (χ1) is 9.05. The zero-order valence-electron chi connectivity index (χ0n) is 11.3. The van der Waals surface area contributed by atoms with Crippen LogP contribution in [0.15, 0.2) is 17.2 Å². The van der Waals surface area contributed by atoms with Gasteiger partial charge < -0.3 is 10.1 Å². The number of hydrogen-bond donors (Lipinski definition) is 2. The van der Waals surface area contributed by atoms with Gasteiger partial charge in [-0.25, -0.2) is 8.42 Å². The number of rotatable bonds is 4. The summed E-state index contributed by atoms with van der Waals surface area (Å²) in [5.74, 6) is 0. The van der Waals surface area contributed by atoms with Crippen molar-refractivity contribution in [3.8, 4) is 0 Å². The Morgan fingerprint density at radius 3 is 2.47 bits per heavy atom. The highest BCUT2D eigenvalue weighted by atomic mass is 32.2. The van der Waals surface area contributed by atoms with Crippen molar-refractivity contribution in [3.63, 3.8) is 0 Å². The number of hydrogen-bond acceptors (Lipinski definition) is 3. The van der Waals surface area contributed by atoms with Gasteiger partial charge in [0.25, 0.3) is 0 Å². The molecule has 108 valence electrons. The minimum Gasteiger partial charge on any atom is -0.390 e. The van der Waals surface area contributed by atoms with E-state index >= 15 is 0 Å². The first-order valence-electron chi connectivity index (χ1n) is 6.82. The van der Waals surface area contributed by atoms with E-state index in [9.17, 15) is 8.42 Å². The van der Waals surface area contributed by atoms with E-state index in [-0.39, 0.29) is 17.5 Å². The third-order valence-corrected chi connectivity index (χ3v) is 5.79. The summed E-state index contributed by atoms with van der Waals surface area (Å²) in [5, 5.41) is 9.00. The first-order valence-corrected chi connectivity index (χ1v) is 8.26. The molecule has 1 aliphatic carbocycles. The Labute approximate surface area is 114 Å². The van der Waals surface area contributed by atoms with Crippen LogP contribution < -0.4 is 0 Å². The maximum absolute atomic E-state index is 12.5. The average Bonchev–Trinajstić information content (AvgIpc) is 2.74. The Morgan fingerprint density at radius 2 is 1.95 bits per heavy atom. The molecule has 0 unspecified atom stereocenters. The normalized spacial score (nSPS) is 18.7. The lowest BCUT2D eigenvalue weighted by molar-refractivity contribution is 0.277. The maximum atomic E-state index is 12.5. The van der Waals surface area contributed by atoms with E-state index in [1.165, 1.54) is 29.4 Å². The molecule has 0 spiro atoms. The molecule has 0 aliphatic heterocycles. The van der Waals surface area contributed by atoms with E-state index in [1.807, 2.05) is 0 Å². The van der Waals surface area contributed by atoms with Gasteiger partial charge in [-0.3, -0.25) is 0 Å². The van der Waals surface area contributed by atoms with Gasteiger partial charge in [0.2, 0.25) is 10.0 Å². The van der Waals surface area contributed by atoms with Crippen LogP contribution in [-0.2, 0) is 16.6 Å². The molecule has 5 nitrogen and oxygen atoms in total. The summed E-state index contributed by atoms with van der Waals surface area (Å²) < 4.78 is 26.5. The maximum Gasteiger partial charge on any atom is 0.244 e. The number of aromatic amines is 1. The second-order valence-corrected chi connectivity index (χ2v) is 7.18. The van der Waals surface area contributed by atoms with Crippen molar-refractivity contribution in [2.75, 3.05) is 7.05 Å². The van der Waals surface area contributed by atoms with Gasteiger partial charge in [-0.2, -0.15) is 4.31 Å². The highest BCUT2D eigenvalue weighted by Crippen LogP contribution is 2.26. The molecule has 2 N–H and O–H groups in total. The zero-order chi connectivity index (χ0) is 13.9. The second-order valence-electron chi connectivity index (χ2n) is 5.19. The lowest BCUT2D eigenvalue weighted by Gasteiger charge is -2.25. The first kappa shape index (κ1) is 14.6. The van der Waals surface area contributed by atoms with Crippen LogP contribution in [-0.4, -0.2) is 35.9 Å². The van der Waals surface area contributed by atoms with Gasteiger partial charge in [0.15, 0.2) is 0 Å². The molecule has 2 rings (SSSR count). The number of aliphatic hydroxyl groups excluding tert-OH is 1. The van der Waals surface area contributed by atoms with E-state index in [0.717, 1.165) is 25.7 Å². The number of aliphatic hydroxyl groups is 1. The third-order valence-electron chi connectivity index (χ3n) is 3.90. The van der Waals surface area contributed by atoms with Crippen molar-refractivity contribution < 1.29 is 13.5 Å². The van der Waals surface area contributed by atoms with E-state index in [0.29, 0.717) is 5.69 Å². The Bertz CT molecular complexity index is 502. The molecule has 0 aromatic carbocycles. The van der Waals surface area contributed by atoms with E-state index in [1.54, 1.807) is 7.05 Å². The van der Waals surface area contributed by atoms with Crippen molar-refractivity contribution in [1.29, 1.82) is 0 Å². The molecule has 1 fully saturated rings. The molecular formula is C13H22N2O3S. The zero-order valence-corrected chi connectivity index (χ0v) is 12.1. The minimum absolute atomic E-state index is 0.0972. The van der Waals surface area contributed by atoms with Gasteiger partial charge in [0.05, 0.1) is 11.5 Å². The molecule has 1 saturated carbocycles. The number of H-pyrrole nitrogens is 1. The van der Waals surface area contributed by atoms with Crippen LogP contribution in [0.2, 0.25) is 0 Å². The summed E-state index contributed by atoms with van der Waals surface area (Å²) in [4.78, 5) is 3.02. The molecule has 19 heavy (non-hydrogen) atoms. The monoisotopic (exact) mass is 286 g/mol. The van der Waals surface area contributed by atoms with Crippen molar-refractivity contribution in [1.82, 2.24) is 9.29 Å². The van der Waals surface area contributed by atoms with Crippen molar-refractivity contribution in [3.05, 3.63) is 18.0 Å². The van der Waals surface area contributed by atoms with Crippen molar-refractivity contribution >= 4 is 10.0 Å². The van der Waals surface area contributed by atoms with Crippen LogP contribution in [0, 0.1) is 0 Å². The van der Waals surface area contributed by atoms with Crippen LogP contribution in [0.1, 0.15) is 44.2 Å². The summed E-state index contributed by atoms with van der Waals surface area (Å²) in [7, 11) is -1.79. The molecule has 0 atom stereocenters. The Balaban J connectivity index is 2.17. The van der Waals surface area contributed by atoms with Gasteiger partial charge in [-0.05, 0) is 18.9 Å². The van der Waals surface area contributed by atoms with Crippen LogP contribution in [0.5, 0.6) is 0 Å². The van der Waals surface area contributed by atoms with Crippen LogP contribution in [0.4, 0.5) is 0 Å². The Morgan fingerprint density at radius 1 is 1.32 bits per heavy atom. The number of aromatic nitrogens is 1. The summed E-state index contributed by atoms with van der Waals surface area (Å²) in [6.45, 7) is -0.178. The third kappa shape index (κ3) is 3.19. The van der Waals surface area contributed by atoms with Gasteiger partial charge in [0.1, 0.15) is 0 Å². The lowest BCUT2D eigenvalue weighted by atomic mass is 10.1. The molecule has 0 radical (unpaired) electrons. The molecule has 6 heteroatoms. The molecule has 1 aliphatic rings. The summed E-state index contributed by atoms with van der Waals surface area (Å²) >= 11 is 0. The van der Waals surface area contributed by atoms with Gasteiger partial charge >= 0.3 is 0 Å². The SMILES string of the molecule is CN(C1CCCCCC1)S(=O)(=O)c1c[nH]c(CO)c1. The fourth-order valence-corrected chi connectivity index (χ4v) is 4.08. The van der Waals surface area contributed by atoms with E-state index in [4.69, 9.17) is 5.11 Å². The molecular weight excluding hydrogens is 264 g/mol. The second kappa shape index (κ2) is 6.07. The van der Waals surface area contributed by atoms with E-state index in [2.05, 4.69) is 4.98 Å². The van der Waals surface area contributed by atoms with Crippen LogP contribution >= 0.6 is 0 Å². The van der Waals surface area contributed by atoms with Crippen LogP contribution in [0.3, 0.4) is 0 Å². The van der Waals surface area contributed by atoms with Gasteiger partial charge in [-0.1, -0.05) is 25.7 Å². The highest BCUT2D eigenvalue weighted by molar-refractivity contribution is 7.89. The predicted octanol–water partition coefficient (Wildman–Crippen LogP) is 1.85. The standard InChI is InChI=1S/C13H22N2O3S/c1-15(12-6-4-2-3-5-7-12)19(17,18)13-8-11(10-16)14-9-13/h8-9,12,14,16H,2-7,10H2,1H3. The minimum atomic E-state index is -3.45. The molecule has 1 aromatic heterocycles. The highest BCUT2D eigenvalue weighted by Gasteiger charge is 2.29. The fourth-order valence-electron chi connectivity index (χ4n) is 2.64.